The molecule has 2 aromatic heterocycles. The summed E-state index contributed by atoms with van der Waals surface area (Å²) >= 11 is 2.92. The maximum Gasteiger partial charge on any atom is 0.324 e. The fraction of sp³-hybridized carbons (Fsp3) is 0.385. The van der Waals surface area contributed by atoms with Crippen LogP contribution < -0.4 is 5.32 Å². The summed E-state index contributed by atoms with van der Waals surface area (Å²) in [7, 11) is 0. The molecular formula is C13H17Cl2N3O2S2. The average Bonchev–Trinajstić information content (AvgIpc) is 3.12. The normalized spacial score (nSPS) is 16.4. The quantitative estimate of drug-likeness (QED) is 0.649. The highest BCUT2D eigenvalue weighted by Gasteiger charge is 2.27. The summed E-state index contributed by atoms with van der Waals surface area (Å²) in [6, 6.07) is 6.01. The first-order valence-electron chi connectivity index (χ1n) is 6.46. The van der Waals surface area contributed by atoms with Gasteiger partial charge in [-0.25, -0.2) is 0 Å². The second-order valence-corrected chi connectivity index (χ2v) is 6.55. The van der Waals surface area contributed by atoms with E-state index < -0.39 is 0 Å². The number of nitrogens with one attached hydrogen (secondary N) is 1. The molecule has 0 spiro atoms. The van der Waals surface area contributed by atoms with Crippen molar-refractivity contribution in [2.24, 2.45) is 0 Å². The van der Waals surface area contributed by atoms with Crippen molar-refractivity contribution in [1.29, 1.82) is 0 Å². The average molecular weight is 382 g/mol. The second kappa shape index (κ2) is 8.81. The lowest BCUT2D eigenvalue weighted by Crippen LogP contribution is -2.45. The molecule has 0 amide bonds. The van der Waals surface area contributed by atoms with Gasteiger partial charge in [-0.3, -0.25) is 15.0 Å². The molecule has 9 heteroatoms. The number of thiophene rings is 2. The van der Waals surface area contributed by atoms with E-state index in [0.29, 0.717) is 0 Å². The second-order valence-electron chi connectivity index (χ2n) is 4.68. The zero-order valence-electron chi connectivity index (χ0n) is 11.6. The standard InChI is InChI=1S/C13H15N3O2S2.2ClH/c17-16(18)12-8-10(9-20-12)13(11-2-1-7-19-11)15-5-3-14-4-6-15;;/h1-2,7-9,13-14H,3-6H2;2*1H/t13-;;/m0../s1. The predicted octanol–water partition coefficient (Wildman–Crippen LogP) is 3.56. The lowest BCUT2D eigenvalue weighted by molar-refractivity contribution is -0.380. The Bertz CT molecular complexity index is 586. The van der Waals surface area contributed by atoms with E-state index in [-0.39, 0.29) is 40.8 Å². The molecule has 0 bridgehead atoms. The molecule has 1 aliphatic rings. The van der Waals surface area contributed by atoms with E-state index in [1.165, 1.54) is 16.2 Å². The third-order valence-electron chi connectivity index (χ3n) is 3.43. The SMILES string of the molecule is Cl.Cl.O=[N+]([O-])c1cc([C@@H](c2cccs2)N2CCNCC2)cs1. The van der Waals surface area contributed by atoms with E-state index >= 15 is 0 Å². The van der Waals surface area contributed by atoms with Crippen LogP contribution in [0.4, 0.5) is 5.00 Å². The van der Waals surface area contributed by atoms with E-state index in [4.69, 9.17) is 0 Å². The first-order chi connectivity index (χ1) is 9.75. The minimum absolute atomic E-state index is 0. The maximum absolute atomic E-state index is 10.9. The number of nitrogens with zero attached hydrogens (tertiary/aromatic N) is 2. The van der Waals surface area contributed by atoms with Gasteiger partial charge in [0.05, 0.1) is 11.0 Å². The van der Waals surface area contributed by atoms with Gasteiger partial charge in [-0.2, -0.15) is 0 Å². The molecule has 1 N–H and O–H groups in total. The molecule has 1 atom stereocenters. The molecule has 22 heavy (non-hydrogen) atoms. The number of halogens is 2. The summed E-state index contributed by atoms with van der Waals surface area (Å²) < 4.78 is 0. The Balaban J connectivity index is 0.00000121. The van der Waals surface area contributed by atoms with Crippen LogP contribution in [0.3, 0.4) is 0 Å². The Morgan fingerprint density at radius 1 is 1.27 bits per heavy atom. The summed E-state index contributed by atoms with van der Waals surface area (Å²) in [5, 5.41) is 18.4. The maximum atomic E-state index is 10.9. The summed E-state index contributed by atoms with van der Waals surface area (Å²) in [4.78, 5) is 14.2. The van der Waals surface area contributed by atoms with Crippen LogP contribution in [0.2, 0.25) is 0 Å². The summed E-state index contributed by atoms with van der Waals surface area (Å²) in [5.41, 5.74) is 1.03. The van der Waals surface area contributed by atoms with Crippen LogP contribution in [0, 0.1) is 10.1 Å². The Hall–Kier alpha value is -0.700. The summed E-state index contributed by atoms with van der Waals surface area (Å²) in [6.07, 6.45) is 0. The molecule has 1 fully saturated rings. The van der Waals surface area contributed by atoms with Gasteiger partial charge in [0.1, 0.15) is 0 Å². The van der Waals surface area contributed by atoms with Gasteiger partial charge in [0, 0.05) is 42.5 Å². The first kappa shape index (κ1) is 19.3. The third kappa shape index (κ3) is 4.18. The Kier molecular flexibility index (Phi) is 7.75. The largest absolute Gasteiger partial charge is 0.324 e. The van der Waals surface area contributed by atoms with Crippen molar-refractivity contribution in [3.8, 4) is 0 Å². The fourth-order valence-electron chi connectivity index (χ4n) is 2.52. The summed E-state index contributed by atoms with van der Waals surface area (Å²) in [6.45, 7) is 3.86. The van der Waals surface area contributed by atoms with Crippen molar-refractivity contribution < 1.29 is 4.92 Å². The highest BCUT2D eigenvalue weighted by atomic mass is 35.5. The zero-order chi connectivity index (χ0) is 13.9. The van der Waals surface area contributed by atoms with Gasteiger partial charge in [0.25, 0.3) is 0 Å². The molecule has 5 nitrogen and oxygen atoms in total. The molecular weight excluding hydrogens is 365 g/mol. The fourth-order valence-corrected chi connectivity index (χ4v) is 4.15. The van der Waals surface area contributed by atoms with Gasteiger partial charge in [-0.1, -0.05) is 17.4 Å². The van der Waals surface area contributed by atoms with Crippen molar-refractivity contribution in [2.75, 3.05) is 26.2 Å². The first-order valence-corrected chi connectivity index (χ1v) is 8.22. The van der Waals surface area contributed by atoms with E-state index in [0.717, 1.165) is 31.7 Å². The van der Waals surface area contributed by atoms with Gasteiger partial charge in [0.15, 0.2) is 0 Å². The molecule has 3 heterocycles. The molecule has 1 aliphatic heterocycles. The van der Waals surface area contributed by atoms with E-state index in [1.54, 1.807) is 17.4 Å². The van der Waals surface area contributed by atoms with Crippen LogP contribution in [0.5, 0.6) is 0 Å². The third-order valence-corrected chi connectivity index (χ3v) is 5.25. The minimum Gasteiger partial charge on any atom is -0.314 e. The topological polar surface area (TPSA) is 58.4 Å². The molecule has 122 valence electrons. The van der Waals surface area contributed by atoms with Crippen molar-refractivity contribution in [2.45, 2.75) is 6.04 Å². The molecule has 0 unspecified atom stereocenters. The lowest BCUT2D eigenvalue weighted by Gasteiger charge is -2.34. The molecule has 2 aromatic rings. The zero-order valence-corrected chi connectivity index (χ0v) is 14.9. The molecule has 3 rings (SSSR count). The van der Waals surface area contributed by atoms with Crippen molar-refractivity contribution in [1.82, 2.24) is 10.2 Å². The van der Waals surface area contributed by atoms with Gasteiger partial charge in [-0.05, 0) is 17.0 Å². The minimum atomic E-state index is -0.308. The number of nitro groups is 1. The number of rotatable bonds is 4. The van der Waals surface area contributed by atoms with Crippen molar-refractivity contribution >= 4 is 52.5 Å². The van der Waals surface area contributed by atoms with Gasteiger partial charge in [0.2, 0.25) is 0 Å². The Morgan fingerprint density at radius 3 is 2.55 bits per heavy atom. The van der Waals surface area contributed by atoms with Crippen LogP contribution in [-0.2, 0) is 0 Å². The molecule has 1 saturated heterocycles. The molecule has 0 aliphatic carbocycles. The van der Waals surface area contributed by atoms with Crippen LogP contribution in [0.15, 0.2) is 29.0 Å². The number of hydrogen-bond acceptors (Lipinski definition) is 6. The Labute approximate surface area is 149 Å². The highest BCUT2D eigenvalue weighted by Crippen LogP contribution is 2.36. The van der Waals surface area contributed by atoms with Gasteiger partial charge < -0.3 is 5.32 Å². The molecule has 0 saturated carbocycles. The van der Waals surface area contributed by atoms with E-state index in [1.807, 2.05) is 11.4 Å². The predicted molar refractivity (Wildman–Crippen MR) is 96.1 cm³/mol. The van der Waals surface area contributed by atoms with Crippen molar-refractivity contribution in [3.63, 3.8) is 0 Å². The van der Waals surface area contributed by atoms with Crippen LogP contribution >= 0.6 is 47.5 Å². The monoisotopic (exact) mass is 381 g/mol. The van der Waals surface area contributed by atoms with Crippen molar-refractivity contribution in [3.05, 3.63) is 49.5 Å². The number of piperazine rings is 1. The smallest absolute Gasteiger partial charge is 0.314 e. The molecule has 0 radical (unpaired) electrons. The lowest BCUT2D eigenvalue weighted by atomic mass is 10.1. The molecule has 0 aromatic carbocycles. The summed E-state index contributed by atoms with van der Waals surface area (Å²) in [5.74, 6) is 0. The van der Waals surface area contributed by atoms with E-state index in [2.05, 4.69) is 21.7 Å². The van der Waals surface area contributed by atoms with Gasteiger partial charge in [-0.15, -0.1) is 36.2 Å². The number of hydrogen-bond donors (Lipinski definition) is 1. The highest BCUT2D eigenvalue weighted by molar-refractivity contribution is 7.13. The van der Waals surface area contributed by atoms with Crippen LogP contribution in [-0.4, -0.2) is 36.0 Å². The Morgan fingerprint density at radius 2 is 2.00 bits per heavy atom. The van der Waals surface area contributed by atoms with Crippen LogP contribution in [0.25, 0.3) is 0 Å². The van der Waals surface area contributed by atoms with Crippen LogP contribution in [0.1, 0.15) is 16.5 Å². The van der Waals surface area contributed by atoms with E-state index in [9.17, 15) is 10.1 Å². The van der Waals surface area contributed by atoms with Gasteiger partial charge >= 0.3 is 5.00 Å².